The van der Waals surface area contributed by atoms with Crippen molar-refractivity contribution in [3.63, 3.8) is 0 Å². The van der Waals surface area contributed by atoms with Crippen molar-refractivity contribution in [3.05, 3.63) is 126 Å². The number of carbonyl (C=O) groups is 2. The van der Waals surface area contributed by atoms with Gasteiger partial charge < -0.3 is 15.0 Å². The standard InChI is InChI=1S/C36H38FN3O5S/c1-45-31-19-12-18-30(24-31)40(46(43,44)32-20-6-3-7-21-32)26-35(41)39(25-28-15-8-11-22-33(28)37)34(23-27-13-4-2-5-14-27)36(42)38-29-16-9-10-17-29/h2-8,11-15,18-22,24,29,34H,9-10,16-17,23,25-26H2,1H3,(H,38,42). The van der Waals surface area contributed by atoms with Crippen LogP contribution in [-0.2, 0) is 32.6 Å². The van der Waals surface area contributed by atoms with Crippen molar-refractivity contribution in [1.82, 2.24) is 10.2 Å². The Balaban J connectivity index is 1.58. The summed E-state index contributed by atoms with van der Waals surface area (Å²) in [6.45, 7) is -0.876. The van der Waals surface area contributed by atoms with Crippen LogP contribution in [0.5, 0.6) is 5.75 Å². The van der Waals surface area contributed by atoms with Crippen molar-refractivity contribution in [2.45, 2.75) is 55.6 Å². The molecule has 1 N–H and O–H groups in total. The minimum Gasteiger partial charge on any atom is -0.497 e. The van der Waals surface area contributed by atoms with E-state index in [9.17, 15) is 18.0 Å². The summed E-state index contributed by atoms with van der Waals surface area (Å²) in [7, 11) is -2.79. The maximum atomic E-state index is 15.1. The van der Waals surface area contributed by atoms with Gasteiger partial charge in [0.25, 0.3) is 10.0 Å². The summed E-state index contributed by atoms with van der Waals surface area (Å²) >= 11 is 0. The van der Waals surface area contributed by atoms with E-state index in [0.29, 0.717) is 5.75 Å². The zero-order valence-electron chi connectivity index (χ0n) is 25.7. The van der Waals surface area contributed by atoms with E-state index in [-0.39, 0.29) is 41.1 Å². The Hall–Kier alpha value is -4.70. The summed E-state index contributed by atoms with van der Waals surface area (Å²) in [5.41, 5.74) is 1.22. The molecule has 0 spiro atoms. The highest BCUT2D eigenvalue weighted by Gasteiger charge is 2.36. The van der Waals surface area contributed by atoms with Crippen molar-refractivity contribution >= 4 is 27.5 Å². The van der Waals surface area contributed by atoms with E-state index in [0.717, 1.165) is 35.6 Å². The fourth-order valence-electron chi connectivity index (χ4n) is 5.75. The molecule has 1 saturated carbocycles. The number of halogens is 1. The SMILES string of the molecule is COc1cccc(N(CC(=O)N(Cc2ccccc2F)C(Cc2ccccc2)C(=O)NC2CCCC2)S(=O)(=O)c2ccccc2)c1. The Morgan fingerprint density at radius 1 is 0.891 bits per heavy atom. The first-order chi connectivity index (χ1) is 22.3. The number of ether oxygens (including phenoxy) is 1. The van der Waals surface area contributed by atoms with Crippen molar-refractivity contribution in [2.24, 2.45) is 0 Å². The molecule has 4 aromatic rings. The van der Waals surface area contributed by atoms with Gasteiger partial charge in [-0.1, -0.05) is 85.6 Å². The number of methoxy groups -OCH3 is 1. The second-order valence-electron chi connectivity index (χ2n) is 11.3. The molecule has 0 bridgehead atoms. The molecule has 240 valence electrons. The number of nitrogens with zero attached hydrogens (tertiary/aromatic N) is 2. The molecule has 1 atom stereocenters. The summed E-state index contributed by atoms with van der Waals surface area (Å²) in [5, 5.41) is 3.12. The Kier molecular flexibility index (Phi) is 10.7. The van der Waals surface area contributed by atoms with E-state index in [4.69, 9.17) is 4.74 Å². The third kappa shape index (κ3) is 7.92. The quantitative estimate of drug-likeness (QED) is 0.201. The van der Waals surface area contributed by atoms with Crippen molar-refractivity contribution in [3.8, 4) is 5.75 Å². The number of hydrogen-bond donors (Lipinski definition) is 1. The van der Waals surface area contributed by atoms with Gasteiger partial charge in [0.2, 0.25) is 11.8 Å². The van der Waals surface area contributed by atoms with Gasteiger partial charge >= 0.3 is 0 Å². The lowest BCUT2D eigenvalue weighted by atomic mass is 10.0. The van der Waals surface area contributed by atoms with Gasteiger partial charge in [-0.25, -0.2) is 12.8 Å². The van der Waals surface area contributed by atoms with Gasteiger partial charge in [0.15, 0.2) is 0 Å². The van der Waals surface area contributed by atoms with Gasteiger partial charge in [0, 0.05) is 30.6 Å². The van der Waals surface area contributed by atoms with Crippen molar-refractivity contribution in [1.29, 1.82) is 0 Å². The van der Waals surface area contributed by atoms with Gasteiger partial charge in [-0.3, -0.25) is 13.9 Å². The number of hydrogen-bond acceptors (Lipinski definition) is 5. The van der Waals surface area contributed by atoms with E-state index >= 15 is 4.39 Å². The summed E-state index contributed by atoms with van der Waals surface area (Å²) in [6, 6.07) is 28.5. The molecule has 0 aromatic heterocycles. The van der Waals surface area contributed by atoms with Crippen LogP contribution in [0.15, 0.2) is 114 Å². The molecule has 1 aliphatic carbocycles. The molecule has 1 aliphatic rings. The maximum absolute atomic E-state index is 15.1. The van der Waals surface area contributed by atoms with E-state index in [1.165, 1.54) is 36.3 Å². The van der Waals surface area contributed by atoms with Crippen LogP contribution in [-0.4, -0.2) is 50.9 Å². The number of anilines is 1. The number of sulfonamides is 1. The minimum absolute atomic E-state index is 0.00825. The summed E-state index contributed by atoms with van der Waals surface area (Å²) < 4.78 is 49.7. The lowest BCUT2D eigenvalue weighted by Gasteiger charge is -2.34. The molecule has 0 heterocycles. The van der Waals surface area contributed by atoms with Crippen molar-refractivity contribution in [2.75, 3.05) is 18.0 Å². The van der Waals surface area contributed by atoms with Crippen LogP contribution in [0.25, 0.3) is 0 Å². The van der Waals surface area contributed by atoms with Gasteiger partial charge in [-0.15, -0.1) is 0 Å². The largest absolute Gasteiger partial charge is 0.497 e. The van der Waals surface area contributed by atoms with Crippen LogP contribution < -0.4 is 14.4 Å². The lowest BCUT2D eigenvalue weighted by Crippen LogP contribution is -2.54. The number of amides is 2. The summed E-state index contributed by atoms with van der Waals surface area (Å²) in [4.78, 5) is 29.9. The first-order valence-electron chi connectivity index (χ1n) is 15.4. The molecule has 0 aliphatic heterocycles. The molecular weight excluding hydrogens is 605 g/mol. The smallest absolute Gasteiger partial charge is 0.264 e. The molecule has 5 rings (SSSR count). The van der Waals surface area contributed by atoms with E-state index in [1.807, 2.05) is 30.3 Å². The number of nitrogens with one attached hydrogen (secondary N) is 1. The Morgan fingerprint density at radius 2 is 1.54 bits per heavy atom. The van der Waals surface area contributed by atoms with Gasteiger partial charge in [0.05, 0.1) is 17.7 Å². The highest BCUT2D eigenvalue weighted by Crippen LogP contribution is 2.28. The lowest BCUT2D eigenvalue weighted by molar-refractivity contribution is -0.140. The molecule has 0 saturated heterocycles. The first-order valence-corrected chi connectivity index (χ1v) is 16.8. The highest BCUT2D eigenvalue weighted by atomic mass is 32.2. The monoisotopic (exact) mass is 643 g/mol. The third-order valence-electron chi connectivity index (χ3n) is 8.22. The summed E-state index contributed by atoms with van der Waals surface area (Å²) in [5.74, 6) is -1.15. The van der Waals surface area contributed by atoms with Gasteiger partial charge in [0.1, 0.15) is 24.2 Å². The Labute approximate surface area is 269 Å². The number of carbonyl (C=O) groups excluding carboxylic acids is 2. The molecule has 2 amide bonds. The molecule has 1 fully saturated rings. The van der Waals surface area contributed by atoms with Crippen molar-refractivity contribution < 1.29 is 27.1 Å². The molecule has 0 radical (unpaired) electrons. The van der Waals surface area contributed by atoms with Crippen LogP contribution in [0.4, 0.5) is 10.1 Å². The average Bonchev–Trinajstić information content (AvgIpc) is 3.59. The molecular formula is C36H38FN3O5S. The minimum atomic E-state index is -4.26. The van der Waals surface area contributed by atoms with E-state index in [1.54, 1.807) is 54.6 Å². The molecule has 4 aromatic carbocycles. The molecule has 10 heteroatoms. The first kappa shape index (κ1) is 32.7. The second kappa shape index (κ2) is 15.1. The second-order valence-corrected chi connectivity index (χ2v) is 13.2. The molecule has 8 nitrogen and oxygen atoms in total. The molecule has 46 heavy (non-hydrogen) atoms. The normalized spacial score (nSPS) is 14.0. The number of benzene rings is 4. The van der Waals surface area contributed by atoms with Crippen LogP contribution in [0, 0.1) is 5.82 Å². The van der Waals surface area contributed by atoms with Crippen LogP contribution in [0.2, 0.25) is 0 Å². The zero-order valence-corrected chi connectivity index (χ0v) is 26.5. The Morgan fingerprint density at radius 3 is 2.22 bits per heavy atom. The zero-order chi connectivity index (χ0) is 32.5. The summed E-state index contributed by atoms with van der Waals surface area (Å²) in [6.07, 6.45) is 3.83. The van der Waals surface area contributed by atoms with E-state index in [2.05, 4.69) is 5.32 Å². The van der Waals surface area contributed by atoms with Crippen LogP contribution >= 0.6 is 0 Å². The Bertz CT molecular complexity index is 1730. The number of rotatable bonds is 13. The average molecular weight is 644 g/mol. The third-order valence-corrected chi connectivity index (χ3v) is 10.0. The molecule has 1 unspecified atom stereocenters. The van der Waals surface area contributed by atoms with Gasteiger partial charge in [-0.2, -0.15) is 0 Å². The van der Waals surface area contributed by atoms with Gasteiger partial charge in [-0.05, 0) is 48.7 Å². The fraction of sp³-hybridized carbons (Fsp3) is 0.278. The van der Waals surface area contributed by atoms with Crippen LogP contribution in [0.1, 0.15) is 36.8 Å². The highest BCUT2D eigenvalue weighted by molar-refractivity contribution is 7.92. The predicted octanol–water partition coefficient (Wildman–Crippen LogP) is 5.73. The topological polar surface area (TPSA) is 96.0 Å². The van der Waals surface area contributed by atoms with E-state index < -0.39 is 34.3 Å². The fourth-order valence-corrected chi connectivity index (χ4v) is 7.17. The van der Waals surface area contributed by atoms with Crippen LogP contribution in [0.3, 0.4) is 0 Å². The predicted molar refractivity (Wildman–Crippen MR) is 175 cm³/mol. The maximum Gasteiger partial charge on any atom is 0.264 e.